The molecular weight excluding hydrogens is 340 g/mol. The second kappa shape index (κ2) is 7.21. The van der Waals surface area contributed by atoms with Gasteiger partial charge in [0.05, 0.1) is 18.6 Å². The molecule has 2 N–H and O–H groups in total. The summed E-state index contributed by atoms with van der Waals surface area (Å²) in [5.74, 6) is 0.845. The average Bonchev–Trinajstić information content (AvgIpc) is 3.19. The van der Waals surface area contributed by atoms with Crippen LogP contribution in [0.1, 0.15) is 18.4 Å². The zero-order valence-corrected chi connectivity index (χ0v) is 15.6. The Morgan fingerprint density at radius 2 is 2.16 bits per heavy atom. The minimum Gasteiger partial charge on any atom is -0.381 e. The Balaban J connectivity index is 1.64. The number of guanidine groups is 1. The molecule has 1 unspecified atom stereocenters. The maximum Gasteiger partial charge on any atom is 0.229 e. The number of aliphatic imine (C=N–C) groups is 1. The summed E-state index contributed by atoms with van der Waals surface area (Å²) in [6, 6.07) is 7.38. The number of rotatable bonds is 4. The second-order valence-electron chi connectivity index (χ2n) is 6.91. The molecule has 2 aliphatic rings. The molecule has 3 rings (SSSR count). The fourth-order valence-corrected chi connectivity index (χ4v) is 4.17. The number of sulfonamides is 1. The van der Waals surface area contributed by atoms with Gasteiger partial charge < -0.3 is 15.0 Å². The Kier molecular flexibility index (Phi) is 5.19. The molecule has 2 heterocycles. The minimum atomic E-state index is -3.31. The Morgan fingerprint density at radius 3 is 2.84 bits per heavy atom. The summed E-state index contributed by atoms with van der Waals surface area (Å²) in [5, 5.41) is 3.36. The highest BCUT2D eigenvalue weighted by Gasteiger charge is 2.42. The predicted octanol–water partition coefficient (Wildman–Crippen LogP) is 1.25. The first-order valence-electron chi connectivity index (χ1n) is 8.50. The number of hydrogen-bond acceptors (Lipinski definition) is 4. The molecule has 2 saturated heterocycles. The quantitative estimate of drug-likeness (QED) is 0.619. The fraction of sp³-hybridized carbons (Fsp3) is 0.588. The van der Waals surface area contributed by atoms with Gasteiger partial charge >= 0.3 is 0 Å². The van der Waals surface area contributed by atoms with Gasteiger partial charge in [0.1, 0.15) is 0 Å². The lowest BCUT2D eigenvalue weighted by Gasteiger charge is -2.25. The lowest BCUT2D eigenvalue weighted by molar-refractivity contribution is 0.156. The van der Waals surface area contributed by atoms with E-state index in [1.807, 2.05) is 18.2 Å². The average molecular weight is 366 g/mol. The van der Waals surface area contributed by atoms with Crippen molar-refractivity contribution in [2.45, 2.75) is 19.4 Å². The molecule has 0 bridgehead atoms. The van der Waals surface area contributed by atoms with Crippen molar-refractivity contribution in [2.75, 3.05) is 44.3 Å². The van der Waals surface area contributed by atoms with Gasteiger partial charge in [-0.2, -0.15) is 0 Å². The van der Waals surface area contributed by atoms with E-state index in [-0.39, 0.29) is 5.41 Å². The molecule has 1 aromatic carbocycles. The molecule has 1 aromatic rings. The molecule has 0 amide bonds. The standard InChI is InChI=1S/C17H26N4O3S/c1-18-16(21-9-7-17(12-21)8-10-24-13-17)19-11-14-5-3-4-6-15(14)20-25(2,22)23/h3-6,20H,7-13H2,1-2H3,(H,18,19). The molecule has 7 nitrogen and oxygen atoms in total. The van der Waals surface area contributed by atoms with E-state index < -0.39 is 10.0 Å². The summed E-state index contributed by atoms with van der Waals surface area (Å²) in [6.07, 6.45) is 3.39. The molecule has 0 saturated carbocycles. The van der Waals surface area contributed by atoms with Gasteiger partial charge in [0.2, 0.25) is 10.0 Å². The molecule has 2 fully saturated rings. The topological polar surface area (TPSA) is 83.0 Å². The van der Waals surface area contributed by atoms with Gasteiger partial charge in [0, 0.05) is 38.7 Å². The van der Waals surface area contributed by atoms with Gasteiger partial charge in [-0.15, -0.1) is 0 Å². The minimum absolute atomic E-state index is 0.271. The maximum atomic E-state index is 11.5. The number of ether oxygens (including phenoxy) is 1. The van der Waals surface area contributed by atoms with Gasteiger partial charge in [0.15, 0.2) is 5.96 Å². The first kappa shape index (κ1) is 18.0. The van der Waals surface area contributed by atoms with E-state index in [0.29, 0.717) is 12.2 Å². The first-order valence-corrected chi connectivity index (χ1v) is 10.4. The van der Waals surface area contributed by atoms with Gasteiger partial charge in [-0.3, -0.25) is 9.71 Å². The molecule has 1 atom stereocenters. The zero-order valence-electron chi connectivity index (χ0n) is 14.8. The van der Waals surface area contributed by atoms with Crippen molar-refractivity contribution in [3.63, 3.8) is 0 Å². The van der Waals surface area contributed by atoms with Crippen LogP contribution in [0.5, 0.6) is 0 Å². The lowest BCUT2D eigenvalue weighted by atomic mass is 9.87. The van der Waals surface area contributed by atoms with Crippen molar-refractivity contribution in [1.82, 2.24) is 10.2 Å². The second-order valence-corrected chi connectivity index (χ2v) is 8.65. The smallest absolute Gasteiger partial charge is 0.229 e. The van der Waals surface area contributed by atoms with Gasteiger partial charge in [-0.25, -0.2) is 8.42 Å². The highest BCUT2D eigenvalue weighted by molar-refractivity contribution is 7.92. The molecule has 0 aliphatic carbocycles. The predicted molar refractivity (Wildman–Crippen MR) is 99.2 cm³/mol. The molecule has 2 aliphatic heterocycles. The van der Waals surface area contributed by atoms with Crippen LogP contribution in [0, 0.1) is 5.41 Å². The van der Waals surface area contributed by atoms with Gasteiger partial charge in [0.25, 0.3) is 0 Å². The van der Waals surface area contributed by atoms with E-state index in [9.17, 15) is 8.42 Å². The highest BCUT2D eigenvalue weighted by Crippen LogP contribution is 2.38. The van der Waals surface area contributed by atoms with Gasteiger partial charge in [-0.05, 0) is 24.5 Å². The van der Waals surface area contributed by atoms with Crippen LogP contribution < -0.4 is 10.0 Å². The molecule has 8 heteroatoms. The Bertz CT molecular complexity index is 742. The number of nitrogens with one attached hydrogen (secondary N) is 2. The molecule has 1 spiro atoms. The summed E-state index contributed by atoms with van der Waals surface area (Å²) < 4.78 is 31.2. The summed E-state index contributed by atoms with van der Waals surface area (Å²) in [5.41, 5.74) is 1.75. The third-order valence-electron chi connectivity index (χ3n) is 4.88. The maximum absolute atomic E-state index is 11.5. The van der Waals surface area contributed by atoms with Crippen molar-refractivity contribution >= 4 is 21.7 Å². The van der Waals surface area contributed by atoms with Crippen LogP contribution in [0.4, 0.5) is 5.69 Å². The number of benzene rings is 1. The van der Waals surface area contributed by atoms with Crippen LogP contribution in [0.25, 0.3) is 0 Å². The monoisotopic (exact) mass is 366 g/mol. The van der Waals surface area contributed by atoms with Crippen molar-refractivity contribution in [3.05, 3.63) is 29.8 Å². The van der Waals surface area contributed by atoms with Crippen LogP contribution in [-0.4, -0.2) is 58.9 Å². The molecule has 0 aromatic heterocycles. The van der Waals surface area contributed by atoms with Crippen molar-refractivity contribution < 1.29 is 13.2 Å². The lowest BCUT2D eigenvalue weighted by Crippen LogP contribution is -2.41. The van der Waals surface area contributed by atoms with Crippen molar-refractivity contribution in [2.24, 2.45) is 10.4 Å². The Morgan fingerprint density at radius 1 is 1.36 bits per heavy atom. The number of para-hydroxylation sites is 1. The third-order valence-corrected chi connectivity index (χ3v) is 5.48. The summed E-state index contributed by atoms with van der Waals surface area (Å²) in [7, 11) is -1.53. The molecule has 0 radical (unpaired) electrons. The van der Waals surface area contributed by atoms with Gasteiger partial charge in [-0.1, -0.05) is 18.2 Å². The third kappa shape index (κ3) is 4.43. The van der Waals surface area contributed by atoms with Crippen LogP contribution in [0.3, 0.4) is 0 Å². The van der Waals surface area contributed by atoms with E-state index >= 15 is 0 Å². The summed E-state index contributed by atoms with van der Waals surface area (Å²) >= 11 is 0. The number of nitrogens with zero attached hydrogens (tertiary/aromatic N) is 2. The summed E-state index contributed by atoms with van der Waals surface area (Å²) in [4.78, 5) is 6.66. The van der Waals surface area contributed by atoms with Crippen LogP contribution >= 0.6 is 0 Å². The largest absolute Gasteiger partial charge is 0.381 e. The van der Waals surface area contributed by atoms with E-state index in [0.717, 1.165) is 56.9 Å². The van der Waals surface area contributed by atoms with Crippen molar-refractivity contribution in [1.29, 1.82) is 0 Å². The first-order chi connectivity index (χ1) is 11.9. The fourth-order valence-electron chi connectivity index (χ4n) is 3.57. The van der Waals surface area contributed by atoms with E-state index in [2.05, 4.69) is 19.9 Å². The van der Waals surface area contributed by atoms with Crippen molar-refractivity contribution in [3.8, 4) is 0 Å². The number of likely N-dealkylation sites (tertiary alicyclic amines) is 1. The Labute approximate surface area is 149 Å². The van der Waals surface area contributed by atoms with Crippen LogP contribution in [0.15, 0.2) is 29.3 Å². The van der Waals surface area contributed by atoms with Crippen LogP contribution in [-0.2, 0) is 21.3 Å². The Hall–Kier alpha value is -1.80. The molecule has 138 valence electrons. The van der Waals surface area contributed by atoms with Crippen LogP contribution in [0.2, 0.25) is 0 Å². The zero-order chi connectivity index (χ0) is 17.9. The molecule has 25 heavy (non-hydrogen) atoms. The number of anilines is 1. The molecular formula is C17H26N4O3S. The normalized spacial score (nSPS) is 24.1. The highest BCUT2D eigenvalue weighted by atomic mass is 32.2. The summed E-state index contributed by atoms with van der Waals surface area (Å²) in [6.45, 7) is 4.11. The SMILES string of the molecule is CN=C(NCc1ccccc1NS(C)(=O)=O)N1CCC2(CCOC2)C1. The van der Waals surface area contributed by atoms with E-state index in [1.165, 1.54) is 0 Å². The van der Waals surface area contributed by atoms with E-state index in [4.69, 9.17) is 4.74 Å². The number of hydrogen-bond donors (Lipinski definition) is 2. The van der Waals surface area contributed by atoms with E-state index in [1.54, 1.807) is 13.1 Å².